The van der Waals surface area contributed by atoms with Crippen LogP contribution in [0.5, 0.6) is 0 Å². The van der Waals surface area contributed by atoms with Crippen LogP contribution < -0.4 is 5.14 Å². The van der Waals surface area contributed by atoms with Crippen LogP contribution in [0.4, 0.5) is 0 Å². The Labute approximate surface area is 61.0 Å². The molecule has 56 valence electrons. The van der Waals surface area contributed by atoms with Gasteiger partial charge in [-0.15, -0.1) is 10.8 Å². The van der Waals surface area contributed by atoms with Crippen molar-refractivity contribution in [1.29, 1.82) is 0 Å². The fourth-order valence-corrected chi connectivity index (χ4v) is 1.18. The zero-order valence-electron chi connectivity index (χ0n) is 5.27. The molecular formula is C6H9NO2S. The Balaban J connectivity index is 2.97. The maximum atomic E-state index is 8.91. The largest absolute Gasteiger partial charge is 0.282 e. The van der Waals surface area contributed by atoms with Crippen LogP contribution in [0, 0.1) is 0 Å². The van der Waals surface area contributed by atoms with E-state index in [2.05, 4.69) is 0 Å². The van der Waals surface area contributed by atoms with Gasteiger partial charge in [0, 0.05) is 0 Å². The molecule has 0 heterocycles. The summed E-state index contributed by atoms with van der Waals surface area (Å²) >= 11 is 0. The van der Waals surface area contributed by atoms with E-state index in [1.165, 1.54) is 0 Å². The summed E-state index contributed by atoms with van der Waals surface area (Å²) in [6.45, 7) is 0. The number of hydrogen-bond acceptors (Lipinski definition) is 3. The maximum absolute atomic E-state index is 8.91. The molecule has 0 saturated heterocycles. The predicted octanol–water partition coefficient (Wildman–Crippen LogP) is 1.67. The van der Waals surface area contributed by atoms with Gasteiger partial charge in [-0.3, -0.25) is 9.11 Å². The van der Waals surface area contributed by atoms with E-state index >= 15 is 0 Å². The first-order chi connectivity index (χ1) is 4.61. The van der Waals surface area contributed by atoms with Gasteiger partial charge < -0.3 is 0 Å². The van der Waals surface area contributed by atoms with E-state index in [9.17, 15) is 0 Å². The quantitative estimate of drug-likeness (QED) is 0.584. The molecule has 10 heavy (non-hydrogen) atoms. The van der Waals surface area contributed by atoms with Gasteiger partial charge in [0.2, 0.25) is 0 Å². The Kier molecular flexibility index (Phi) is 1.96. The molecule has 0 bridgehead atoms. The van der Waals surface area contributed by atoms with E-state index in [1.54, 1.807) is 30.3 Å². The molecule has 0 atom stereocenters. The monoisotopic (exact) mass is 159 g/mol. The highest BCUT2D eigenvalue weighted by Gasteiger charge is 2.05. The fourth-order valence-electron chi connectivity index (χ4n) is 0.621. The minimum absolute atomic E-state index is 0.370. The Morgan fingerprint density at radius 3 is 1.90 bits per heavy atom. The van der Waals surface area contributed by atoms with Gasteiger partial charge in [0.25, 0.3) is 0 Å². The molecular weight excluding hydrogens is 150 g/mol. The van der Waals surface area contributed by atoms with Gasteiger partial charge in [0.15, 0.2) is 0 Å². The van der Waals surface area contributed by atoms with E-state index in [1.807, 2.05) is 0 Å². The Morgan fingerprint density at radius 1 is 1.10 bits per heavy atom. The van der Waals surface area contributed by atoms with Crippen LogP contribution >= 0.6 is 10.8 Å². The van der Waals surface area contributed by atoms with Crippen molar-refractivity contribution in [2.75, 3.05) is 0 Å². The van der Waals surface area contributed by atoms with Crippen molar-refractivity contribution in [1.82, 2.24) is 0 Å². The maximum Gasteiger partial charge on any atom is 0.0747 e. The minimum Gasteiger partial charge on any atom is -0.282 e. The second kappa shape index (κ2) is 2.59. The lowest BCUT2D eigenvalue weighted by atomic mass is 10.4. The molecule has 0 fully saturated rings. The van der Waals surface area contributed by atoms with E-state index in [0.29, 0.717) is 4.90 Å². The molecule has 4 heteroatoms. The second-order valence-corrected chi connectivity index (χ2v) is 3.56. The van der Waals surface area contributed by atoms with Gasteiger partial charge >= 0.3 is 0 Å². The molecule has 0 aliphatic carbocycles. The number of nitrogens with two attached hydrogens (primary N) is 1. The summed E-state index contributed by atoms with van der Waals surface area (Å²) in [6, 6.07) is 8.35. The van der Waals surface area contributed by atoms with Gasteiger partial charge in [-0.2, -0.15) is 0 Å². The SMILES string of the molecule is NS(O)(O)c1ccccc1. The van der Waals surface area contributed by atoms with Crippen LogP contribution in [0.3, 0.4) is 0 Å². The standard InChI is InChI=1S/C6H9NO2S/c7-10(8,9)6-4-2-1-3-5-6/h1-5,8-9H,7H2. The predicted molar refractivity (Wildman–Crippen MR) is 41.7 cm³/mol. The molecule has 0 unspecified atom stereocenters. The van der Waals surface area contributed by atoms with Crippen LogP contribution in [0.15, 0.2) is 35.2 Å². The van der Waals surface area contributed by atoms with Crippen LogP contribution in [0.2, 0.25) is 0 Å². The minimum atomic E-state index is -3.00. The summed E-state index contributed by atoms with van der Waals surface area (Å²) in [5, 5.41) is 5.05. The van der Waals surface area contributed by atoms with E-state index in [4.69, 9.17) is 14.2 Å². The van der Waals surface area contributed by atoms with Crippen molar-refractivity contribution < 1.29 is 9.11 Å². The van der Waals surface area contributed by atoms with Crippen molar-refractivity contribution in [3.8, 4) is 0 Å². The summed E-state index contributed by atoms with van der Waals surface area (Å²) in [4.78, 5) is 0.370. The Bertz CT molecular complexity index is 207. The van der Waals surface area contributed by atoms with Crippen LogP contribution in [0.25, 0.3) is 0 Å². The zero-order chi connectivity index (χ0) is 7.61. The third-order valence-electron chi connectivity index (χ3n) is 1.09. The lowest BCUT2D eigenvalue weighted by molar-refractivity contribution is 0.489. The summed E-state index contributed by atoms with van der Waals surface area (Å²) in [5.41, 5.74) is 0. The summed E-state index contributed by atoms with van der Waals surface area (Å²) in [5.74, 6) is 0. The van der Waals surface area contributed by atoms with Crippen LogP contribution in [0.1, 0.15) is 0 Å². The molecule has 0 amide bonds. The van der Waals surface area contributed by atoms with E-state index < -0.39 is 10.8 Å². The molecule has 4 N–H and O–H groups in total. The molecule has 0 saturated carbocycles. The van der Waals surface area contributed by atoms with Crippen molar-refractivity contribution in [2.45, 2.75) is 4.90 Å². The summed E-state index contributed by atoms with van der Waals surface area (Å²) < 4.78 is 17.8. The van der Waals surface area contributed by atoms with E-state index in [0.717, 1.165) is 0 Å². The lowest BCUT2D eigenvalue weighted by Gasteiger charge is -2.25. The van der Waals surface area contributed by atoms with Crippen molar-refractivity contribution >= 4 is 10.8 Å². The molecule has 0 aromatic heterocycles. The number of benzene rings is 1. The molecule has 0 spiro atoms. The normalized spacial score (nSPS) is 13.1. The number of hydrogen-bond donors (Lipinski definition) is 3. The van der Waals surface area contributed by atoms with Gasteiger partial charge in [0.05, 0.1) is 4.90 Å². The Morgan fingerprint density at radius 2 is 1.60 bits per heavy atom. The van der Waals surface area contributed by atoms with Gasteiger partial charge in [-0.05, 0) is 12.1 Å². The highest BCUT2D eigenvalue weighted by molar-refractivity contribution is 8.22. The molecule has 0 radical (unpaired) electrons. The first kappa shape index (κ1) is 7.56. The molecule has 0 aliphatic rings. The smallest absolute Gasteiger partial charge is 0.0747 e. The first-order valence-electron chi connectivity index (χ1n) is 2.72. The molecule has 3 nitrogen and oxygen atoms in total. The third kappa shape index (κ3) is 1.71. The third-order valence-corrected chi connectivity index (χ3v) is 2.06. The zero-order valence-corrected chi connectivity index (χ0v) is 6.08. The average Bonchev–Trinajstić information content (AvgIpc) is 1.88. The van der Waals surface area contributed by atoms with Gasteiger partial charge in [-0.1, -0.05) is 18.2 Å². The second-order valence-electron chi connectivity index (χ2n) is 1.91. The van der Waals surface area contributed by atoms with Gasteiger partial charge in [-0.25, -0.2) is 5.14 Å². The highest BCUT2D eigenvalue weighted by Crippen LogP contribution is 2.38. The lowest BCUT2D eigenvalue weighted by Crippen LogP contribution is -2.07. The topological polar surface area (TPSA) is 66.5 Å². The van der Waals surface area contributed by atoms with Crippen LogP contribution in [-0.2, 0) is 0 Å². The van der Waals surface area contributed by atoms with Crippen molar-refractivity contribution in [2.24, 2.45) is 5.14 Å². The van der Waals surface area contributed by atoms with E-state index in [-0.39, 0.29) is 0 Å². The summed E-state index contributed by atoms with van der Waals surface area (Å²) in [7, 11) is -3.00. The molecule has 0 aliphatic heterocycles. The fraction of sp³-hybridized carbons (Fsp3) is 0. The average molecular weight is 159 g/mol. The van der Waals surface area contributed by atoms with Crippen LogP contribution in [-0.4, -0.2) is 9.11 Å². The summed E-state index contributed by atoms with van der Waals surface area (Å²) in [6.07, 6.45) is 0. The molecule has 1 aromatic carbocycles. The van der Waals surface area contributed by atoms with Gasteiger partial charge in [0.1, 0.15) is 0 Å². The van der Waals surface area contributed by atoms with Crippen molar-refractivity contribution in [3.05, 3.63) is 30.3 Å². The highest BCUT2D eigenvalue weighted by atomic mass is 32.3. The Hall–Kier alpha value is -0.550. The first-order valence-corrected chi connectivity index (χ1v) is 4.33. The van der Waals surface area contributed by atoms with Crippen molar-refractivity contribution in [3.63, 3.8) is 0 Å². The molecule has 1 aromatic rings. The number of rotatable bonds is 1. The molecule has 1 rings (SSSR count).